The molecule has 0 radical (unpaired) electrons. The van der Waals surface area contributed by atoms with Crippen molar-refractivity contribution in [1.29, 1.82) is 0 Å². The van der Waals surface area contributed by atoms with Gasteiger partial charge in [-0.05, 0) is 6.42 Å². The summed E-state index contributed by atoms with van der Waals surface area (Å²) in [6, 6.07) is 0.600. The minimum Gasteiger partial charge on any atom is -0.361 e. The van der Waals surface area contributed by atoms with E-state index in [1.807, 2.05) is 31.2 Å². The van der Waals surface area contributed by atoms with Crippen LogP contribution < -0.4 is 5.32 Å². The summed E-state index contributed by atoms with van der Waals surface area (Å²) in [5, 5.41) is 8.59. The quantitative estimate of drug-likeness (QED) is 0.843. The van der Waals surface area contributed by atoms with Crippen LogP contribution in [0.2, 0.25) is 0 Å². The van der Waals surface area contributed by atoms with Crippen molar-refractivity contribution < 1.29 is 0 Å². The number of hydrogen-bond donors (Lipinski definition) is 1. The van der Waals surface area contributed by atoms with E-state index in [0.29, 0.717) is 6.04 Å². The van der Waals surface area contributed by atoms with Crippen molar-refractivity contribution in [2.75, 3.05) is 5.75 Å². The third-order valence-corrected chi connectivity index (χ3v) is 3.49. The lowest BCUT2D eigenvalue weighted by molar-refractivity contribution is 0.667. The molecule has 0 spiro atoms. The molecule has 0 amide bonds. The third-order valence-electron chi connectivity index (χ3n) is 2.41. The molecule has 4 nitrogen and oxygen atoms in total. The van der Waals surface area contributed by atoms with Crippen LogP contribution in [0, 0.1) is 0 Å². The zero-order valence-electron chi connectivity index (χ0n) is 9.10. The van der Waals surface area contributed by atoms with Crippen LogP contribution in [0.1, 0.15) is 18.9 Å². The lowest BCUT2D eigenvalue weighted by Crippen LogP contribution is -2.25. The highest BCUT2D eigenvalue weighted by Crippen LogP contribution is 2.16. The summed E-state index contributed by atoms with van der Waals surface area (Å²) in [7, 11) is 1.92. The number of nitrogens with one attached hydrogen (secondary N) is 1. The molecule has 1 saturated heterocycles. The van der Waals surface area contributed by atoms with Crippen LogP contribution in [-0.4, -0.2) is 26.7 Å². The molecule has 1 fully saturated rings. The average Bonchev–Trinajstić information content (AvgIpc) is 2.83. The van der Waals surface area contributed by atoms with Gasteiger partial charge in [0.1, 0.15) is 0 Å². The van der Waals surface area contributed by atoms with Gasteiger partial charge in [-0.3, -0.25) is 9.67 Å². The van der Waals surface area contributed by atoms with Gasteiger partial charge in [-0.2, -0.15) is 5.10 Å². The standard InChI is InChI=1S/C10H16N4S/c1-3-9-7-15-10(13-9)11-4-8-5-12-14(2)6-8/h5-6,9H,3-4,7H2,1-2H3,(H,11,13). The summed E-state index contributed by atoms with van der Waals surface area (Å²) in [6.45, 7) is 2.92. The number of aromatic nitrogens is 2. The molecular formula is C10H16N4S. The minimum absolute atomic E-state index is 0.600. The van der Waals surface area contributed by atoms with E-state index in [4.69, 9.17) is 0 Å². The normalized spacial score (nSPS) is 23.3. The highest BCUT2D eigenvalue weighted by molar-refractivity contribution is 8.14. The van der Waals surface area contributed by atoms with Gasteiger partial charge >= 0.3 is 0 Å². The van der Waals surface area contributed by atoms with Gasteiger partial charge in [-0.25, -0.2) is 0 Å². The Morgan fingerprint density at radius 1 is 1.73 bits per heavy atom. The first kappa shape index (κ1) is 10.5. The molecule has 1 aliphatic rings. The van der Waals surface area contributed by atoms with Gasteiger partial charge in [-0.1, -0.05) is 18.7 Å². The maximum Gasteiger partial charge on any atom is 0.157 e. The molecule has 1 aromatic rings. The molecule has 0 aromatic carbocycles. The van der Waals surface area contributed by atoms with E-state index in [2.05, 4.69) is 22.3 Å². The molecule has 0 saturated carbocycles. The summed E-state index contributed by atoms with van der Waals surface area (Å²) in [5.74, 6) is 1.14. The van der Waals surface area contributed by atoms with Crippen LogP contribution in [0.3, 0.4) is 0 Å². The van der Waals surface area contributed by atoms with E-state index >= 15 is 0 Å². The van der Waals surface area contributed by atoms with E-state index in [9.17, 15) is 0 Å². The van der Waals surface area contributed by atoms with Crippen LogP contribution >= 0.6 is 11.8 Å². The summed E-state index contributed by atoms with van der Waals surface area (Å²) in [4.78, 5) is 4.52. The number of thioether (sulfide) groups is 1. The van der Waals surface area contributed by atoms with Crippen LogP contribution in [0.15, 0.2) is 17.4 Å². The second kappa shape index (κ2) is 4.70. The van der Waals surface area contributed by atoms with Crippen LogP contribution in [-0.2, 0) is 13.6 Å². The van der Waals surface area contributed by atoms with Gasteiger partial charge in [0, 0.05) is 30.6 Å². The van der Waals surface area contributed by atoms with E-state index < -0.39 is 0 Å². The van der Waals surface area contributed by atoms with E-state index in [1.54, 1.807) is 4.68 Å². The largest absolute Gasteiger partial charge is 0.361 e. The van der Waals surface area contributed by atoms with E-state index in [0.717, 1.165) is 23.0 Å². The van der Waals surface area contributed by atoms with Crippen molar-refractivity contribution >= 4 is 16.9 Å². The van der Waals surface area contributed by atoms with Gasteiger partial charge in [0.2, 0.25) is 0 Å². The van der Waals surface area contributed by atoms with Crippen LogP contribution in [0.5, 0.6) is 0 Å². The maximum atomic E-state index is 4.52. The summed E-state index contributed by atoms with van der Waals surface area (Å²) in [5.41, 5.74) is 1.16. The second-order valence-electron chi connectivity index (χ2n) is 3.70. The van der Waals surface area contributed by atoms with Gasteiger partial charge in [0.05, 0.1) is 12.7 Å². The molecule has 2 heterocycles. The zero-order valence-corrected chi connectivity index (χ0v) is 9.92. The van der Waals surface area contributed by atoms with Gasteiger partial charge in [0.25, 0.3) is 0 Å². The summed E-state index contributed by atoms with van der Waals surface area (Å²) < 4.78 is 1.81. The Morgan fingerprint density at radius 2 is 2.60 bits per heavy atom. The SMILES string of the molecule is CCC1CSC(=NCc2cnn(C)c2)N1. The summed E-state index contributed by atoms with van der Waals surface area (Å²) in [6.07, 6.45) is 5.03. The van der Waals surface area contributed by atoms with Crippen molar-refractivity contribution in [2.45, 2.75) is 25.9 Å². The Morgan fingerprint density at radius 3 is 3.20 bits per heavy atom. The fraction of sp³-hybridized carbons (Fsp3) is 0.600. The van der Waals surface area contributed by atoms with Crippen molar-refractivity contribution in [2.24, 2.45) is 12.0 Å². The number of aryl methyl sites for hydroxylation is 1. The van der Waals surface area contributed by atoms with Gasteiger partial charge in [0.15, 0.2) is 5.17 Å². The molecule has 15 heavy (non-hydrogen) atoms. The van der Waals surface area contributed by atoms with Gasteiger partial charge < -0.3 is 5.32 Å². The Balaban J connectivity index is 1.89. The monoisotopic (exact) mass is 224 g/mol. The number of amidine groups is 1. The maximum absolute atomic E-state index is 4.52. The zero-order chi connectivity index (χ0) is 10.7. The number of rotatable bonds is 3. The molecule has 5 heteroatoms. The Hall–Kier alpha value is -0.970. The van der Waals surface area contributed by atoms with Crippen LogP contribution in [0.25, 0.3) is 0 Å². The lowest BCUT2D eigenvalue weighted by Gasteiger charge is -2.04. The fourth-order valence-electron chi connectivity index (χ4n) is 1.47. The molecule has 82 valence electrons. The Labute approximate surface area is 94.2 Å². The van der Waals surface area contributed by atoms with Crippen molar-refractivity contribution in [1.82, 2.24) is 15.1 Å². The predicted molar refractivity (Wildman–Crippen MR) is 64.0 cm³/mol. The topological polar surface area (TPSA) is 42.2 Å². The first-order chi connectivity index (χ1) is 7.28. The first-order valence-electron chi connectivity index (χ1n) is 5.19. The average molecular weight is 224 g/mol. The summed E-state index contributed by atoms with van der Waals surface area (Å²) >= 11 is 1.81. The number of aliphatic imine (C=N–C) groups is 1. The Bertz CT molecular complexity index is 358. The molecule has 0 bridgehead atoms. The minimum atomic E-state index is 0.600. The number of hydrogen-bond acceptors (Lipinski definition) is 3. The molecule has 1 unspecified atom stereocenters. The second-order valence-corrected chi connectivity index (χ2v) is 4.71. The van der Waals surface area contributed by atoms with Crippen LogP contribution in [0.4, 0.5) is 0 Å². The predicted octanol–water partition coefficient (Wildman–Crippen LogP) is 1.39. The fourth-order valence-corrected chi connectivity index (χ4v) is 2.55. The first-order valence-corrected chi connectivity index (χ1v) is 6.18. The number of nitrogens with zero attached hydrogens (tertiary/aromatic N) is 3. The Kier molecular flexibility index (Phi) is 3.30. The molecule has 1 N–H and O–H groups in total. The lowest BCUT2D eigenvalue weighted by atomic mass is 10.3. The molecule has 2 rings (SSSR count). The molecule has 0 aliphatic carbocycles. The highest BCUT2D eigenvalue weighted by atomic mass is 32.2. The highest BCUT2D eigenvalue weighted by Gasteiger charge is 2.17. The molecule has 1 atom stereocenters. The smallest absolute Gasteiger partial charge is 0.157 e. The van der Waals surface area contributed by atoms with Gasteiger partial charge in [-0.15, -0.1) is 0 Å². The van der Waals surface area contributed by atoms with Crippen molar-refractivity contribution in [3.63, 3.8) is 0 Å². The van der Waals surface area contributed by atoms with E-state index in [-0.39, 0.29) is 0 Å². The third kappa shape index (κ3) is 2.75. The van der Waals surface area contributed by atoms with E-state index in [1.165, 1.54) is 6.42 Å². The molecule has 1 aromatic heterocycles. The van der Waals surface area contributed by atoms with Crippen molar-refractivity contribution in [3.05, 3.63) is 18.0 Å². The van der Waals surface area contributed by atoms with Crippen molar-refractivity contribution in [3.8, 4) is 0 Å². The molecule has 1 aliphatic heterocycles. The molecular weight excluding hydrogens is 208 g/mol.